The van der Waals surface area contributed by atoms with Gasteiger partial charge in [0.15, 0.2) is 0 Å². The number of thiophene rings is 1. The number of amides is 1. The lowest BCUT2D eigenvalue weighted by molar-refractivity contribution is -0.0440. The smallest absolute Gasteiger partial charge is 0.255 e. The van der Waals surface area contributed by atoms with E-state index >= 15 is 0 Å². The first-order chi connectivity index (χ1) is 13.8. The second kappa shape index (κ2) is 7.87. The summed E-state index contributed by atoms with van der Waals surface area (Å²) in [5.41, 5.74) is 1.10. The Morgan fingerprint density at radius 2 is 1.76 bits per heavy atom. The molecule has 1 fully saturated rings. The van der Waals surface area contributed by atoms with E-state index in [2.05, 4.69) is 5.32 Å². The molecule has 2 aromatic carbocycles. The number of hydrogen-bond donors (Lipinski definition) is 1. The van der Waals surface area contributed by atoms with Gasteiger partial charge in [0.1, 0.15) is 0 Å². The molecule has 2 heterocycles. The highest BCUT2D eigenvalue weighted by Crippen LogP contribution is 2.25. The first kappa shape index (κ1) is 20.0. The van der Waals surface area contributed by atoms with Crippen molar-refractivity contribution in [2.75, 3.05) is 18.4 Å². The van der Waals surface area contributed by atoms with Crippen molar-refractivity contribution >= 4 is 43.0 Å². The third kappa shape index (κ3) is 4.20. The Labute approximate surface area is 174 Å². The van der Waals surface area contributed by atoms with E-state index in [1.165, 1.54) is 16.4 Å². The van der Waals surface area contributed by atoms with Crippen LogP contribution in [0.5, 0.6) is 0 Å². The second-order valence-electron chi connectivity index (χ2n) is 7.23. The number of carbonyl (C=O) groups excluding carboxylic acids is 1. The number of ether oxygens (including phenoxy) is 1. The molecule has 1 aliphatic rings. The van der Waals surface area contributed by atoms with Crippen molar-refractivity contribution in [3.63, 3.8) is 0 Å². The largest absolute Gasteiger partial charge is 0.373 e. The maximum absolute atomic E-state index is 12.9. The van der Waals surface area contributed by atoms with Gasteiger partial charge in [0.25, 0.3) is 5.91 Å². The van der Waals surface area contributed by atoms with Crippen LogP contribution < -0.4 is 5.32 Å². The minimum absolute atomic E-state index is 0.154. The topological polar surface area (TPSA) is 75.7 Å². The number of nitrogens with zero attached hydrogens (tertiary/aromatic N) is 1. The summed E-state index contributed by atoms with van der Waals surface area (Å²) in [5, 5.41) is 5.94. The third-order valence-electron chi connectivity index (χ3n) is 4.85. The minimum atomic E-state index is -3.62. The Morgan fingerprint density at radius 1 is 1.07 bits per heavy atom. The highest BCUT2D eigenvalue weighted by atomic mass is 32.2. The monoisotopic (exact) mass is 430 g/mol. The molecule has 0 bridgehead atoms. The lowest BCUT2D eigenvalue weighted by Gasteiger charge is -2.34. The summed E-state index contributed by atoms with van der Waals surface area (Å²) in [6.45, 7) is 4.36. The van der Waals surface area contributed by atoms with Crippen molar-refractivity contribution in [3.8, 4) is 0 Å². The van der Waals surface area contributed by atoms with Crippen LogP contribution in [0.25, 0.3) is 10.1 Å². The van der Waals surface area contributed by atoms with E-state index in [1.54, 1.807) is 23.5 Å². The molecule has 3 aromatic rings. The predicted octanol–water partition coefficient (Wildman–Crippen LogP) is 3.95. The van der Waals surface area contributed by atoms with E-state index in [-0.39, 0.29) is 23.0 Å². The first-order valence-corrected chi connectivity index (χ1v) is 11.7. The summed E-state index contributed by atoms with van der Waals surface area (Å²) in [4.78, 5) is 12.7. The molecule has 6 nitrogen and oxygen atoms in total. The SMILES string of the molecule is C[C@H]1CN(S(=O)(=O)c2ccc(C(=O)Nc3ccc4sccc4c3)cc2)C[C@H](C)O1. The summed E-state index contributed by atoms with van der Waals surface area (Å²) in [6.07, 6.45) is -0.307. The van der Waals surface area contributed by atoms with Crippen LogP contribution in [-0.4, -0.2) is 43.9 Å². The van der Waals surface area contributed by atoms with Crippen LogP contribution in [-0.2, 0) is 14.8 Å². The van der Waals surface area contributed by atoms with Crippen LogP contribution in [0.3, 0.4) is 0 Å². The zero-order valence-corrected chi connectivity index (χ0v) is 17.8. The molecule has 1 aliphatic heterocycles. The molecule has 0 radical (unpaired) electrons. The van der Waals surface area contributed by atoms with Crippen molar-refractivity contribution in [2.24, 2.45) is 0 Å². The number of hydrogen-bond acceptors (Lipinski definition) is 5. The maximum atomic E-state index is 12.9. The van der Waals surface area contributed by atoms with Gasteiger partial charge in [0.2, 0.25) is 10.0 Å². The Bertz CT molecular complexity index is 1130. The van der Waals surface area contributed by atoms with Crippen LogP contribution in [0.2, 0.25) is 0 Å². The molecule has 1 N–H and O–H groups in total. The summed E-state index contributed by atoms with van der Waals surface area (Å²) >= 11 is 1.65. The van der Waals surface area contributed by atoms with Gasteiger partial charge in [-0.2, -0.15) is 4.31 Å². The van der Waals surface area contributed by atoms with Crippen LogP contribution in [0.15, 0.2) is 58.8 Å². The maximum Gasteiger partial charge on any atom is 0.255 e. The fourth-order valence-electron chi connectivity index (χ4n) is 3.50. The Balaban J connectivity index is 1.50. The molecular formula is C21H22N2O4S2. The molecule has 0 unspecified atom stereocenters. The zero-order chi connectivity index (χ0) is 20.6. The van der Waals surface area contributed by atoms with E-state index in [1.807, 2.05) is 43.5 Å². The van der Waals surface area contributed by atoms with Gasteiger partial charge >= 0.3 is 0 Å². The average Bonchev–Trinajstić information content (AvgIpc) is 3.15. The Kier molecular flexibility index (Phi) is 5.44. The van der Waals surface area contributed by atoms with Gasteiger partial charge in [-0.05, 0) is 73.1 Å². The molecule has 0 spiro atoms. The van der Waals surface area contributed by atoms with Crippen molar-refractivity contribution < 1.29 is 17.9 Å². The number of morpholine rings is 1. The molecule has 152 valence electrons. The summed E-state index contributed by atoms with van der Waals surface area (Å²) in [5.74, 6) is -0.280. The van der Waals surface area contributed by atoms with Crippen molar-refractivity contribution in [2.45, 2.75) is 31.0 Å². The van der Waals surface area contributed by atoms with Gasteiger partial charge in [-0.3, -0.25) is 4.79 Å². The van der Waals surface area contributed by atoms with E-state index < -0.39 is 10.0 Å². The molecule has 1 aromatic heterocycles. The van der Waals surface area contributed by atoms with Crippen molar-refractivity contribution in [1.82, 2.24) is 4.31 Å². The van der Waals surface area contributed by atoms with Gasteiger partial charge < -0.3 is 10.1 Å². The van der Waals surface area contributed by atoms with E-state index in [0.29, 0.717) is 24.3 Å². The molecule has 8 heteroatoms. The van der Waals surface area contributed by atoms with Gasteiger partial charge in [-0.25, -0.2) is 8.42 Å². The normalized spacial score (nSPS) is 20.6. The number of carbonyl (C=O) groups is 1. The third-order valence-corrected chi connectivity index (χ3v) is 7.59. The average molecular weight is 431 g/mol. The Hall–Kier alpha value is -2.26. The van der Waals surface area contributed by atoms with E-state index in [4.69, 9.17) is 4.74 Å². The van der Waals surface area contributed by atoms with Gasteiger partial charge in [0, 0.05) is 29.0 Å². The number of benzene rings is 2. The van der Waals surface area contributed by atoms with E-state index in [0.717, 1.165) is 10.1 Å². The van der Waals surface area contributed by atoms with Gasteiger partial charge in [-0.1, -0.05) is 0 Å². The van der Waals surface area contributed by atoms with Crippen LogP contribution in [0.4, 0.5) is 5.69 Å². The molecule has 4 rings (SSSR count). The fourth-order valence-corrected chi connectivity index (χ4v) is 5.86. The van der Waals surface area contributed by atoms with Gasteiger partial charge in [-0.15, -0.1) is 11.3 Å². The lowest BCUT2D eigenvalue weighted by Crippen LogP contribution is -2.48. The summed E-state index contributed by atoms with van der Waals surface area (Å²) < 4.78 is 34.1. The van der Waals surface area contributed by atoms with E-state index in [9.17, 15) is 13.2 Å². The molecule has 0 saturated carbocycles. The molecular weight excluding hydrogens is 408 g/mol. The number of sulfonamides is 1. The highest BCUT2D eigenvalue weighted by Gasteiger charge is 2.32. The minimum Gasteiger partial charge on any atom is -0.373 e. The predicted molar refractivity (Wildman–Crippen MR) is 115 cm³/mol. The molecule has 1 amide bonds. The summed E-state index contributed by atoms with van der Waals surface area (Å²) in [7, 11) is -3.62. The lowest BCUT2D eigenvalue weighted by atomic mass is 10.2. The number of anilines is 1. The van der Waals surface area contributed by atoms with Crippen molar-refractivity contribution in [1.29, 1.82) is 0 Å². The number of rotatable bonds is 4. The molecule has 1 saturated heterocycles. The molecule has 2 atom stereocenters. The number of nitrogens with one attached hydrogen (secondary N) is 1. The van der Waals surface area contributed by atoms with Crippen LogP contribution >= 0.6 is 11.3 Å². The molecule has 0 aliphatic carbocycles. The zero-order valence-electron chi connectivity index (χ0n) is 16.2. The second-order valence-corrected chi connectivity index (χ2v) is 10.1. The quantitative estimate of drug-likeness (QED) is 0.680. The van der Waals surface area contributed by atoms with Crippen molar-refractivity contribution in [3.05, 3.63) is 59.5 Å². The summed E-state index contributed by atoms with van der Waals surface area (Å²) in [6, 6.07) is 13.8. The first-order valence-electron chi connectivity index (χ1n) is 9.37. The number of fused-ring (bicyclic) bond motifs is 1. The Morgan fingerprint density at radius 3 is 2.45 bits per heavy atom. The van der Waals surface area contributed by atoms with Crippen LogP contribution in [0.1, 0.15) is 24.2 Å². The standard InChI is InChI=1S/C21H22N2O4S2/c1-14-12-23(13-15(2)27-14)29(25,26)19-6-3-16(4-7-19)21(24)22-18-5-8-20-17(11-18)9-10-28-20/h3-11,14-15H,12-13H2,1-2H3,(H,22,24)/t14-,15-/m0/s1. The highest BCUT2D eigenvalue weighted by molar-refractivity contribution is 7.89. The fraction of sp³-hybridized carbons (Fsp3) is 0.286. The van der Waals surface area contributed by atoms with Crippen LogP contribution in [0, 0.1) is 0 Å². The molecule has 29 heavy (non-hydrogen) atoms. The van der Waals surface area contributed by atoms with Gasteiger partial charge in [0.05, 0.1) is 17.1 Å².